The van der Waals surface area contributed by atoms with Gasteiger partial charge in [0, 0.05) is 23.1 Å². The maximum Gasteiger partial charge on any atom is 0.213 e. The smallest absolute Gasteiger partial charge is 0.213 e. The van der Waals surface area contributed by atoms with Gasteiger partial charge in [0.25, 0.3) is 0 Å². The monoisotopic (exact) mass is 402 g/mol. The van der Waals surface area contributed by atoms with Crippen LogP contribution in [0.2, 0.25) is 0 Å². The zero-order valence-corrected chi connectivity index (χ0v) is 16.8. The van der Waals surface area contributed by atoms with Gasteiger partial charge in [-0.2, -0.15) is 5.10 Å². The Balaban J connectivity index is 1.58. The van der Waals surface area contributed by atoms with Crippen LogP contribution in [0.25, 0.3) is 0 Å². The van der Waals surface area contributed by atoms with Crippen LogP contribution >= 0.6 is 0 Å². The van der Waals surface area contributed by atoms with Gasteiger partial charge in [-0.25, -0.2) is 5.01 Å². The van der Waals surface area contributed by atoms with Gasteiger partial charge in [0.15, 0.2) is 0 Å². The molecule has 30 heavy (non-hydrogen) atoms. The van der Waals surface area contributed by atoms with Crippen LogP contribution in [0.5, 0.6) is 23.0 Å². The number of aromatic hydroxyl groups is 1. The first-order valence-electron chi connectivity index (χ1n) is 9.80. The molecule has 0 spiro atoms. The summed E-state index contributed by atoms with van der Waals surface area (Å²) >= 11 is 0. The third-order valence-corrected chi connectivity index (χ3v) is 5.61. The molecular formula is C24H22N2O4. The second kappa shape index (κ2) is 7.30. The van der Waals surface area contributed by atoms with Gasteiger partial charge in [-0.05, 0) is 48.5 Å². The zero-order chi connectivity index (χ0) is 20.7. The largest absolute Gasteiger partial charge is 0.507 e. The number of ether oxygens (including phenoxy) is 3. The number of fused-ring (bicyclic) bond motifs is 3. The molecule has 0 radical (unpaired) electrons. The summed E-state index contributed by atoms with van der Waals surface area (Å²) in [6.45, 7) is 0. The lowest BCUT2D eigenvalue weighted by Gasteiger charge is -2.38. The summed E-state index contributed by atoms with van der Waals surface area (Å²) in [6, 6.07) is 21.1. The van der Waals surface area contributed by atoms with Gasteiger partial charge in [-0.1, -0.05) is 18.2 Å². The lowest BCUT2D eigenvalue weighted by molar-refractivity contribution is -0.0190. The molecule has 3 aromatic rings. The van der Waals surface area contributed by atoms with E-state index in [9.17, 15) is 5.11 Å². The van der Waals surface area contributed by atoms with Crippen molar-refractivity contribution in [3.63, 3.8) is 0 Å². The quantitative estimate of drug-likeness (QED) is 0.688. The molecule has 0 amide bonds. The van der Waals surface area contributed by atoms with E-state index in [0.717, 1.165) is 28.3 Å². The minimum Gasteiger partial charge on any atom is -0.507 e. The Labute approximate surface area is 174 Å². The number of hydrogen-bond donors (Lipinski definition) is 1. The van der Waals surface area contributed by atoms with E-state index < -0.39 is 0 Å². The molecule has 2 heterocycles. The number of rotatable bonds is 4. The van der Waals surface area contributed by atoms with E-state index >= 15 is 0 Å². The van der Waals surface area contributed by atoms with Gasteiger partial charge in [0.1, 0.15) is 23.0 Å². The van der Waals surface area contributed by atoms with Crippen molar-refractivity contribution in [2.45, 2.75) is 18.7 Å². The van der Waals surface area contributed by atoms with Crippen molar-refractivity contribution < 1.29 is 19.3 Å². The molecule has 6 nitrogen and oxygen atoms in total. The standard InChI is InChI=1S/C24H22N2O4/c1-28-16-9-7-15(8-10-16)24-26-21(18-5-3-4-6-23(18)30-24)14-20(25-26)19-13-17(29-2)11-12-22(19)27/h3-13,21,24,27H,14H2,1-2H3/t21-,24-/m0/s1. The lowest BCUT2D eigenvalue weighted by Crippen LogP contribution is -2.33. The van der Waals surface area contributed by atoms with Gasteiger partial charge in [-0.15, -0.1) is 0 Å². The van der Waals surface area contributed by atoms with Crippen molar-refractivity contribution in [2.24, 2.45) is 5.10 Å². The molecule has 152 valence electrons. The molecular weight excluding hydrogens is 380 g/mol. The van der Waals surface area contributed by atoms with Crippen molar-refractivity contribution in [3.05, 3.63) is 83.4 Å². The summed E-state index contributed by atoms with van der Waals surface area (Å²) in [6.07, 6.45) is 0.286. The molecule has 1 N–H and O–H groups in total. The van der Waals surface area contributed by atoms with Crippen molar-refractivity contribution in [1.82, 2.24) is 5.01 Å². The first-order chi connectivity index (χ1) is 14.7. The molecule has 0 bridgehead atoms. The Bertz CT molecular complexity index is 1110. The minimum absolute atomic E-state index is 0.0163. The molecule has 0 fully saturated rings. The Hall–Kier alpha value is -3.67. The van der Waals surface area contributed by atoms with Gasteiger partial charge in [0.2, 0.25) is 6.23 Å². The van der Waals surface area contributed by atoms with Crippen molar-refractivity contribution in [2.75, 3.05) is 14.2 Å². The van der Waals surface area contributed by atoms with E-state index in [1.807, 2.05) is 53.5 Å². The highest BCUT2D eigenvalue weighted by Gasteiger charge is 2.41. The summed E-state index contributed by atoms with van der Waals surface area (Å²) in [5, 5.41) is 17.3. The second-order valence-electron chi connectivity index (χ2n) is 7.31. The second-order valence-corrected chi connectivity index (χ2v) is 7.31. The molecule has 0 saturated carbocycles. The van der Waals surface area contributed by atoms with Crippen LogP contribution < -0.4 is 14.2 Å². The number of methoxy groups -OCH3 is 2. The molecule has 5 rings (SSSR count). The SMILES string of the molecule is COc1ccc([C@@H]2Oc3ccccc3[C@@H]3CC(c4cc(OC)ccc4O)=NN32)cc1. The molecule has 3 aromatic carbocycles. The highest BCUT2D eigenvalue weighted by molar-refractivity contribution is 6.04. The van der Waals surface area contributed by atoms with Crippen LogP contribution in [-0.4, -0.2) is 30.0 Å². The van der Waals surface area contributed by atoms with E-state index in [1.54, 1.807) is 26.4 Å². The Kier molecular flexibility index (Phi) is 4.47. The van der Waals surface area contributed by atoms with Gasteiger partial charge in [0.05, 0.1) is 26.0 Å². The fourth-order valence-corrected chi connectivity index (χ4v) is 4.06. The topological polar surface area (TPSA) is 63.5 Å². The van der Waals surface area contributed by atoms with Crippen LogP contribution in [0.4, 0.5) is 0 Å². The number of para-hydroxylation sites is 1. The third-order valence-electron chi connectivity index (χ3n) is 5.61. The molecule has 2 aliphatic rings. The van der Waals surface area contributed by atoms with Gasteiger partial charge >= 0.3 is 0 Å². The molecule has 2 aliphatic heterocycles. The number of benzene rings is 3. The summed E-state index contributed by atoms with van der Waals surface area (Å²) in [5.41, 5.74) is 3.54. The van der Waals surface area contributed by atoms with Gasteiger partial charge < -0.3 is 19.3 Å². The predicted molar refractivity (Wildman–Crippen MR) is 113 cm³/mol. The molecule has 0 aromatic heterocycles. The number of hydrogen-bond acceptors (Lipinski definition) is 6. The highest BCUT2D eigenvalue weighted by Crippen LogP contribution is 2.48. The highest BCUT2D eigenvalue weighted by atomic mass is 16.5. The summed E-state index contributed by atoms with van der Waals surface area (Å²) in [5.74, 6) is 2.51. The minimum atomic E-state index is -0.374. The Morgan fingerprint density at radius 1 is 0.967 bits per heavy atom. The van der Waals surface area contributed by atoms with Crippen LogP contribution in [-0.2, 0) is 0 Å². The molecule has 6 heteroatoms. The number of phenolic OH excluding ortho intramolecular Hbond substituents is 1. The molecule has 0 aliphatic carbocycles. The van der Waals surface area contributed by atoms with Crippen LogP contribution in [0, 0.1) is 0 Å². The van der Waals surface area contributed by atoms with E-state index in [1.165, 1.54) is 0 Å². The maximum atomic E-state index is 10.5. The summed E-state index contributed by atoms with van der Waals surface area (Å²) < 4.78 is 17.0. The first kappa shape index (κ1) is 18.4. The Morgan fingerprint density at radius 2 is 1.70 bits per heavy atom. The van der Waals surface area contributed by atoms with Crippen LogP contribution in [0.3, 0.4) is 0 Å². The van der Waals surface area contributed by atoms with E-state index in [-0.39, 0.29) is 18.0 Å². The summed E-state index contributed by atoms with van der Waals surface area (Å²) in [4.78, 5) is 0. The first-order valence-corrected chi connectivity index (χ1v) is 9.80. The molecule has 0 saturated heterocycles. The summed E-state index contributed by atoms with van der Waals surface area (Å²) in [7, 11) is 3.26. The normalized spacial score (nSPS) is 19.4. The van der Waals surface area contributed by atoms with E-state index in [4.69, 9.17) is 19.3 Å². The van der Waals surface area contributed by atoms with Gasteiger partial charge in [-0.3, -0.25) is 0 Å². The van der Waals surface area contributed by atoms with Crippen LogP contribution in [0.1, 0.15) is 35.4 Å². The molecule has 0 unspecified atom stereocenters. The van der Waals surface area contributed by atoms with E-state index in [2.05, 4.69) is 6.07 Å². The lowest BCUT2D eigenvalue weighted by atomic mass is 9.95. The number of phenols is 1. The predicted octanol–water partition coefficient (Wildman–Crippen LogP) is 4.65. The molecule has 2 atom stereocenters. The van der Waals surface area contributed by atoms with Crippen molar-refractivity contribution in [3.8, 4) is 23.0 Å². The fraction of sp³-hybridized carbons (Fsp3) is 0.208. The third kappa shape index (κ3) is 3.01. The average molecular weight is 402 g/mol. The zero-order valence-electron chi connectivity index (χ0n) is 16.8. The van der Waals surface area contributed by atoms with Crippen LogP contribution in [0.15, 0.2) is 71.8 Å². The van der Waals surface area contributed by atoms with Crippen molar-refractivity contribution in [1.29, 1.82) is 0 Å². The maximum absolute atomic E-state index is 10.5. The number of nitrogens with zero attached hydrogens (tertiary/aromatic N) is 2. The average Bonchev–Trinajstić information content (AvgIpc) is 3.24. The van der Waals surface area contributed by atoms with Crippen molar-refractivity contribution >= 4 is 5.71 Å². The van der Waals surface area contributed by atoms with E-state index in [0.29, 0.717) is 17.7 Å². The Morgan fingerprint density at radius 3 is 2.47 bits per heavy atom. The fourth-order valence-electron chi connectivity index (χ4n) is 4.06. The number of hydrazone groups is 1.